The number of imidazole rings is 1. The molecule has 1 heterocycles. The zero-order chi connectivity index (χ0) is 19.6. The predicted molar refractivity (Wildman–Crippen MR) is 104 cm³/mol. The lowest BCUT2D eigenvalue weighted by Crippen LogP contribution is -2.25. The molecule has 2 aromatic carbocycles. The van der Waals surface area contributed by atoms with Gasteiger partial charge in [0.05, 0.1) is 29.4 Å². The van der Waals surface area contributed by atoms with Crippen LogP contribution >= 0.6 is 27.5 Å². The molecule has 1 amide bonds. The van der Waals surface area contributed by atoms with Crippen molar-refractivity contribution in [1.82, 2.24) is 15.0 Å². The average Bonchev–Trinajstić information content (AvgIpc) is 2.94. The molecule has 3 aromatic rings. The minimum Gasteiger partial charge on any atom is -0.394 e. The van der Waals surface area contributed by atoms with Crippen LogP contribution < -0.4 is 10.8 Å². The largest absolute Gasteiger partial charge is 0.394 e. The Kier molecular flexibility index (Phi) is 5.95. The lowest BCUT2D eigenvalue weighted by atomic mass is 10.2. The first-order valence-corrected chi connectivity index (χ1v) is 8.99. The minimum atomic E-state index is -0.648. The summed E-state index contributed by atoms with van der Waals surface area (Å²) in [6, 6.07) is 7.87. The summed E-state index contributed by atoms with van der Waals surface area (Å²) in [7, 11) is 1.69. The molecule has 0 radical (unpaired) electrons. The van der Waals surface area contributed by atoms with Gasteiger partial charge in [0.15, 0.2) is 5.82 Å². The number of halogens is 3. The Morgan fingerprint density at radius 2 is 2.19 bits per heavy atom. The molecule has 0 atom stereocenters. The summed E-state index contributed by atoms with van der Waals surface area (Å²) in [6.45, 7) is -0.312. The zero-order valence-electron chi connectivity index (χ0n) is 14.1. The highest BCUT2D eigenvalue weighted by atomic mass is 79.9. The Balaban J connectivity index is 1.94. The number of aryl methyl sites for hydroxylation is 1. The Hall–Kier alpha value is -2.20. The van der Waals surface area contributed by atoms with Crippen molar-refractivity contribution in [3.8, 4) is 0 Å². The molecule has 1 aromatic heterocycles. The second kappa shape index (κ2) is 8.22. The number of rotatable bonds is 6. The van der Waals surface area contributed by atoms with Crippen LogP contribution in [-0.2, 0) is 11.9 Å². The van der Waals surface area contributed by atoms with E-state index in [1.165, 1.54) is 6.07 Å². The van der Waals surface area contributed by atoms with Gasteiger partial charge >= 0.3 is 0 Å². The number of aromatic nitrogens is 2. The molecule has 27 heavy (non-hydrogen) atoms. The number of amides is 1. The summed E-state index contributed by atoms with van der Waals surface area (Å²) < 4.78 is 16.9. The van der Waals surface area contributed by atoms with E-state index < -0.39 is 11.7 Å². The molecule has 0 bridgehead atoms. The normalized spacial score (nSPS) is 11.0. The van der Waals surface area contributed by atoms with Gasteiger partial charge in [-0.2, -0.15) is 0 Å². The van der Waals surface area contributed by atoms with Crippen LogP contribution in [0.5, 0.6) is 0 Å². The lowest BCUT2D eigenvalue weighted by molar-refractivity contribution is 0.0168. The number of nitrogens with one attached hydrogen (secondary N) is 2. The second-order valence-corrected chi connectivity index (χ2v) is 6.90. The molecule has 10 heteroatoms. The maximum Gasteiger partial charge on any atom is 0.275 e. The third-order valence-corrected chi connectivity index (χ3v) is 4.54. The van der Waals surface area contributed by atoms with E-state index in [1.54, 1.807) is 23.7 Å². The predicted octanol–water partition coefficient (Wildman–Crippen LogP) is 3.53. The SMILES string of the molecule is Cn1c(Nc2ccc(Br)cc2Cl)nc2c(F)cc(C(=O)NOCCO)cc21. The molecule has 0 aliphatic heterocycles. The summed E-state index contributed by atoms with van der Waals surface area (Å²) >= 11 is 9.53. The summed E-state index contributed by atoms with van der Waals surface area (Å²) in [5, 5.41) is 12.2. The van der Waals surface area contributed by atoms with E-state index in [4.69, 9.17) is 21.5 Å². The topological polar surface area (TPSA) is 88.4 Å². The van der Waals surface area contributed by atoms with E-state index in [1.807, 2.05) is 6.07 Å². The van der Waals surface area contributed by atoms with E-state index in [0.29, 0.717) is 22.2 Å². The summed E-state index contributed by atoms with van der Waals surface area (Å²) in [5.74, 6) is -0.913. The molecule has 7 nitrogen and oxygen atoms in total. The van der Waals surface area contributed by atoms with E-state index in [9.17, 15) is 9.18 Å². The molecule has 0 fully saturated rings. The number of hydrogen-bond donors (Lipinski definition) is 3. The number of aliphatic hydroxyl groups is 1. The molecule has 0 saturated carbocycles. The summed E-state index contributed by atoms with van der Waals surface area (Å²) in [4.78, 5) is 21.1. The number of hydrogen-bond acceptors (Lipinski definition) is 5. The fourth-order valence-corrected chi connectivity index (χ4v) is 3.14. The smallest absolute Gasteiger partial charge is 0.275 e. The number of carbonyl (C=O) groups is 1. The number of benzene rings is 2. The quantitative estimate of drug-likeness (QED) is 0.389. The van der Waals surface area contributed by atoms with Crippen molar-refractivity contribution in [3.05, 3.63) is 51.2 Å². The van der Waals surface area contributed by atoms with Crippen LogP contribution in [0, 0.1) is 5.82 Å². The van der Waals surface area contributed by atoms with Crippen LogP contribution in [0.15, 0.2) is 34.8 Å². The van der Waals surface area contributed by atoms with Gasteiger partial charge in [-0.25, -0.2) is 14.9 Å². The highest BCUT2D eigenvalue weighted by Crippen LogP contribution is 2.30. The van der Waals surface area contributed by atoms with Crippen molar-refractivity contribution in [2.24, 2.45) is 7.05 Å². The van der Waals surface area contributed by atoms with Gasteiger partial charge in [-0.3, -0.25) is 9.63 Å². The van der Waals surface area contributed by atoms with Gasteiger partial charge < -0.3 is 15.0 Å². The number of aliphatic hydroxyl groups excluding tert-OH is 1. The van der Waals surface area contributed by atoms with Crippen molar-refractivity contribution >= 4 is 56.1 Å². The monoisotopic (exact) mass is 456 g/mol. The summed E-state index contributed by atoms with van der Waals surface area (Å²) in [5.41, 5.74) is 3.33. The van der Waals surface area contributed by atoms with Gasteiger partial charge in [-0.15, -0.1) is 0 Å². The van der Waals surface area contributed by atoms with Crippen LogP contribution in [0.4, 0.5) is 16.0 Å². The van der Waals surface area contributed by atoms with Gasteiger partial charge in [-0.1, -0.05) is 27.5 Å². The number of hydroxylamine groups is 1. The first kappa shape index (κ1) is 19.6. The maximum atomic E-state index is 14.5. The molecule has 0 aliphatic carbocycles. The molecule has 0 unspecified atom stereocenters. The minimum absolute atomic E-state index is 0.0640. The van der Waals surface area contributed by atoms with Gasteiger partial charge in [0, 0.05) is 17.1 Å². The third-order valence-electron chi connectivity index (χ3n) is 3.74. The van der Waals surface area contributed by atoms with Crippen molar-refractivity contribution in [3.63, 3.8) is 0 Å². The van der Waals surface area contributed by atoms with E-state index in [0.717, 1.165) is 10.5 Å². The van der Waals surface area contributed by atoms with Gasteiger partial charge in [-0.05, 0) is 30.3 Å². The number of carbonyl (C=O) groups excluding carboxylic acids is 1. The van der Waals surface area contributed by atoms with E-state index >= 15 is 0 Å². The molecule has 0 spiro atoms. The zero-order valence-corrected chi connectivity index (χ0v) is 16.4. The van der Waals surface area contributed by atoms with Crippen LogP contribution in [0.25, 0.3) is 11.0 Å². The van der Waals surface area contributed by atoms with Crippen molar-refractivity contribution in [2.75, 3.05) is 18.5 Å². The molecular weight excluding hydrogens is 443 g/mol. The third kappa shape index (κ3) is 4.22. The number of fused-ring (bicyclic) bond motifs is 1. The average molecular weight is 458 g/mol. The van der Waals surface area contributed by atoms with Gasteiger partial charge in [0.1, 0.15) is 5.52 Å². The molecule has 0 saturated heterocycles. The highest BCUT2D eigenvalue weighted by Gasteiger charge is 2.17. The molecule has 0 aliphatic rings. The lowest BCUT2D eigenvalue weighted by Gasteiger charge is -2.08. The molecule has 142 valence electrons. The maximum absolute atomic E-state index is 14.5. The first-order chi connectivity index (χ1) is 12.9. The van der Waals surface area contributed by atoms with Crippen LogP contribution in [0.1, 0.15) is 10.4 Å². The second-order valence-electron chi connectivity index (χ2n) is 5.57. The van der Waals surface area contributed by atoms with E-state index in [-0.39, 0.29) is 24.3 Å². The molecule has 3 N–H and O–H groups in total. The Morgan fingerprint density at radius 3 is 2.89 bits per heavy atom. The Labute approximate surface area is 167 Å². The number of anilines is 2. The Bertz CT molecular complexity index is 1010. The van der Waals surface area contributed by atoms with E-state index in [2.05, 4.69) is 31.7 Å². The van der Waals surface area contributed by atoms with Crippen molar-refractivity contribution in [1.29, 1.82) is 0 Å². The molecule has 3 rings (SSSR count). The van der Waals surface area contributed by atoms with Crippen molar-refractivity contribution in [2.45, 2.75) is 0 Å². The number of nitrogens with zero attached hydrogens (tertiary/aromatic N) is 2. The fraction of sp³-hybridized carbons (Fsp3) is 0.176. The van der Waals surface area contributed by atoms with Gasteiger partial charge in [0.25, 0.3) is 5.91 Å². The highest BCUT2D eigenvalue weighted by molar-refractivity contribution is 9.10. The van der Waals surface area contributed by atoms with Crippen molar-refractivity contribution < 1.29 is 19.1 Å². The van der Waals surface area contributed by atoms with Gasteiger partial charge in [0.2, 0.25) is 5.95 Å². The summed E-state index contributed by atoms with van der Waals surface area (Å²) in [6.07, 6.45) is 0. The van der Waals surface area contributed by atoms with Crippen LogP contribution in [0.3, 0.4) is 0 Å². The fourth-order valence-electron chi connectivity index (χ4n) is 2.42. The van der Waals surface area contributed by atoms with Crippen LogP contribution in [-0.4, -0.2) is 33.8 Å². The Morgan fingerprint density at radius 1 is 1.41 bits per heavy atom. The molecular formula is C17H15BrClFN4O3. The van der Waals surface area contributed by atoms with Crippen LogP contribution in [0.2, 0.25) is 5.02 Å². The standard InChI is InChI=1S/C17H15BrClFN4O3/c1-24-14-7-9(16(26)23-27-5-4-25)6-12(20)15(14)22-17(24)21-13-3-2-10(18)8-11(13)19/h2-3,6-8,25H,4-5H2,1H3,(H,21,22)(H,23,26). The first-order valence-electron chi connectivity index (χ1n) is 7.81.